The first-order chi connectivity index (χ1) is 11.9. The monoisotopic (exact) mass is 351 g/mol. The van der Waals surface area contributed by atoms with Crippen LogP contribution in [0.15, 0.2) is 24.3 Å². The summed E-state index contributed by atoms with van der Waals surface area (Å²) in [6, 6.07) is 4.18. The van der Waals surface area contributed by atoms with Crippen LogP contribution < -0.4 is 5.32 Å². The summed E-state index contributed by atoms with van der Waals surface area (Å²) in [5.74, 6) is -2.96. The third kappa shape index (κ3) is 7.03. The molecule has 1 rings (SSSR count). The summed E-state index contributed by atoms with van der Waals surface area (Å²) in [6.07, 6.45) is -0.560. The highest BCUT2D eigenvalue weighted by Gasteiger charge is 2.26. The third-order valence-electron chi connectivity index (χ3n) is 3.41. The average Bonchev–Trinajstić information content (AvgIpc) is 2.57. The number of nitrogens with zero attached hydrogens (tertiary/aromatic N) is 2. The molecule has 0 unspecified atom stereocenters. The molecule has 0 bridgehead atoms. The number of Topliss-reactive ketones (excluding diaryl/α,β-unsaturated/α-hetero) is 1. The molecule has 1 aromatic rings. The summed E-state index contributed by atoms with van der Waals surface area (Å²) in [4.78, 5) is 37.2. The number of carbonyl (C=O) groups is 3. The van der Waals surface area contributed by atoms with Gasteiger partial charge in [0.2, 0.25) is 11.7 Å². The molecular weight excluding hydrogens is 333 g/mol. The fraction of sp³-hybridized carbons (Fsp3) is 0.375. The van der Waals surface area contributed by atoms with E-state index < -0.39 is 35.6 Å². The lowest BCUT2D eigenvalue weighted by atomic mass is 10.1. The molecule has 0 saturated heterocycles. The van der Waals surface area contributed by atoms with Crippen LogP contribution in [0.3, 0.4) is 0 Å². The zero-order chi connectivity index (χ0) is 18.8. The van der Waals surface area contributed by atoms with E-state index >= 15 is 0 Å². The molecule has 0 aliphatic carbocycles. The third-order valence-corrected chi connectivity index (χ3v) is 3.41. The highest BCUT2D eigenvalue weighted by molar-refractivity contribution is 6.25. The van der Waals surface area contributed by atoms with Crippen molar-refractivity contribution in [3.05, 3.63) is 41.2 Å². The van der Waals surface area contributed by atoms with Crippen molar-refractivity contribution in [2.75, 3.05) is 7.11 Å². The number of hydrogen-bond acceptors (Lipinski definition) is 4. The highest BCUT2D eigenvalue weighted by atomic mass is 19.1. The molecule has 0 heterocycles. The Kier molecular flexibility index (Phi) is 8.11. The van der Waals surface area contributed by atoms with Crippen LogP contribution >= 0.6 is 0 Å². The van der Waals surface area contributed by atoms with Gasteiger partial charge in [0.15, 0.2) is 0 Å². The number of carboxylic acids is 1. The van der Waals surface area contributed by atoms with Crippen molar-refractivity contribution in [1.29, 1.82) is 0 Å². The largest absolute Gasteiger partial charge is 0.480 e. The normalized spacial score (nSPS) is 12.6. The zero-order valence-electron chi connectivity index (χ0n) is 13.5. The first-order valence-corrected chi connectivity index (χ1v) is 7.38. The maximum atomic E-state index is 12.9. The summed E-state index contributed by atoms with van der Waals surface area (Å²) in [7, 11) is 1.30. The Balaban J connectivity index is 2.69. The summed E-state index contributed by atoms with van der Waals surface area (Å²) >= 11 is 0. The number of nitrogens with one attached hydrogen (secondary N) is 1. The van der Waals surface area contributed by atoms with Gasteiger partial charge in [-0.2, -0.15) is 4.79 Å². The number of ether oxygens (including phenoxy) is 1. The smallest absolute Gasteiger partial charge is 0.326 e. The molecule has 2 atom stereocenters. The number of carbonyl (C=O) groups excluding carboxylic acids is 2. The molecule has 8 nitrogen and oxygen atoms in total. The molecule has 1 amide bonds. The predicted molar refractivity (Wildman–Crippen MR) is 84.4 cm³/mol. The Hall–Kier alpha value is -2.90. The second kappa shape index (κ2) is 10.1. The van der Waals surface area contributed by atoms with Gasteiger partial charge >= 0.3 is 12.2 Å². The van der Waals surface area contributed by atoms with Crippen LogP contribution in [0.25, 0.3) is 5.53 Å². The van der Waals surface area contributed by atoms with Crippen molar-refractivity contribution in [3.8, 4) is 0 Å². The van der Waals surface area contributed by atoms with E-state index in [1.54, 1.807) is 0 Å². The molecular formula is C16H18FN3O5. The van der Waals surface area contributed by atoms with Gasteiger partial charge in [-0.3, -0.25) is 9.59 Å². The van der Waals surface area contributed by atoms with Crippen molar-refractivity contribution in [2.45, 2.75) is 31.4 Å². The molecule has 0 aromatic heterocycles. The van der Waals surface area contributed by atoms with E-state index in [0.29, 0.717) is 11.8 Å². The fourth-order valence-electron chi connectivity index (χ4n) is 2.06. The van der Waals surface area contributed by atoms with Crippen molar-refractivity contribution in [2.24, 2.45) is 0 Å². The molecule has 2 N–H and O–H groups in total. The maximum absolute atomic E-state index is 12.9. The number of halogens is 1. The number of methoxy groups -OCH3 is 1. The Morgan fingerprint density at radius 3 is 2.52 bits per heavy atom. The van der Waals surface area contributed by atoms with E-state index in [2.05, 4.69) is 10.1 Å². The minimum absolute atomic E-state index is 0.130. The van der Waals surface area contributed by atoms with Crippen molar-refractivity contribution < 1.29 is 33.4 Å². The lowest BCUT2D eigenvalue weighted by Gasteiger charge is -2.19. The molecule has 0 saturated carbocycles. The number of amides is 1. The molecule has 0 radical (unpaired) electrons. The van der Waals surface area contributed by atoms with Gasteiger partial charge in [-0.1, -0.05) is 12.1 Å². The molecule has 1 aromatic carbocycles. The van der Waals surface area contributed by atoms with Crippen LogP contribution in [0.4, 0.5) is 4.39 Å². The summed E-state index contributed by atoms with van der Waals surface area (Å²) in [6.45, 7) is 0. The summed E-state index contributed by atoms with van der Waals surface area (Å²) in [5, 5.41) is 11.4. The first-order valence-electron chi connectivity index (χ1n) is 7.38. The van der Waals surface area contributed by atoms with Crippen molar-refractivity contribution in [3.63, 3.8) is 0 Å². The SMILES string of the molecule is CO[C@@H](Cc1ccc(F)cc1)C(=O)N[C@@H](CCC(=O)C=[N+]=[N-])C(=O)O. The number of benzene rings is 1. The lowest BCUT2D eigenvalue weighted by molar-refractivity contribution is -0.144. The van der Waals surface area contributed by atoms with Gasteiger partial charge in [-0.05, 0) is 24.1 Å². The van der Waals surface area contributed by atoms with E-state index in [0.717, 1.165) is 0 Å². The predicted octanol–water partition coefficient (Wildman–Crippen LogP) is 0.602. The van der Waals surface area contributed by atoms with Gasteiger partial charge in [-0.15, -0.1) is 0 Å². The van der Waals surface area contributed by atoms with E-state index in [1.165, 1.54) is 31.4 Å². The van der Waals surface area contributed by atoms with E-state index in [4.69, 9.17) is 15.4 Å². The fourth-order valence-corrected chi connectivity index (χ4v) is 2.06. The van der Waals surface area contributed by atoms with Gasteiger partial charge in [-0.25, -0.2) is 9.18 Å². The molecule has 134 valence electrons. The molecule has 0 spiro atoms. The molecule has 9 heteroatoms. The van der Waals surface area contributed by atoms with E-state index in [1.807, 2.05) is 0 Å². The second-order valence-corrected chi connectivity index (χ2v) is 5.20. The number of ketones is 1. The topological polar surface area (TPSA) is 129 Å². The molecule has 0 fully saturated rings. The Bertz CT molecular complexity index is 671. The number of hydrogen-bond donors (Lipinski definition) is 2. The Morgan fingerprint density at radius 1 is 1.36 bits per heavy atom. The van der Waals surface area contributed by atoms with Gasteiger partial charge in [0.05, 0.1) is 0 Å². The van der Waals surface area contributed by atoms with Crippen molar-refractivity contribution in [1.82, 2.24) is 5.32 Å². The van der Waals surface area contributed by atoms with Crippen LogP contribution in [0.2, 0.25) is 0 Å². The van der Waals surface area contributed by atoms with Crippen LogP contribution in [0.5, 0.6) is 0 Å². The Labute approximate surface area is 143 Å². The summed E-state index contributed by atoms with van der Waals surface area (Å²) in [5.41, 5.74) is 8.88. The van der Waals surface area contributed by atoms with Gasteiger partial charge in [0.25, 0.3) is 0 Å². The highest BCUT2D eigenvalue weighted by Crippen LogP contribution is 2.09. The van der Waals surface area contributed by atoms with Crippen LogP contribution in [0, 0.1) is 5.82 Å². The number of aliphatic carboxylic acids is 1. The quantitative estimate of drug-likeness (QED) is 0.362. The van der Waals surface area contributed by atoms with Gasteiger partial charge in [0, 0.05) is 20.0 Å². The first kappa shape index (κ1) is 20.1. The minimum atomic E-state index is -1.31. The van der Waals surface area contributed by atoms with E-state index in [9.17, 15) is 18.8 Å². The molecule has 0 aliphatic heterocycles. The van der Waals surface area contributed by atoms with Crippen LogP contribution in [0.1, 0.15) is 18.4 Å². The Morgan fingerprint density at radius 2 is 2.00 bits per heavy atom. The van der Waals surface area contributed by atoms with Crippen LogP contribution in [-0.4, -0.2) is 53.0 Å². The lowest BCUT2D eigenvalue weighted by Crippen LogP contribution is -2.46. The maximum Gasteiger partial charge on any atom is 0.326 e. The van der Waals surface area contributed by atoms with Gasteiger partial charge in [0.1, 0.15) is 18.0 Å². The minimum Gasteiger partial charge on any atom is -0.480 e. The summed E-state index contributed by atoms with van der Waals surface area (Å²) < 4.78 is 18.0. The standard InChI is InChI=1S/C16H18FN3O5/c1-25-14(8-10-2-4-11(17)5-3-10)15(22)20-13(16(23)24)7-6-12(21)9-19-18/h2-5,9,13-14H,6-8H2,1H3,(H,20,22)(H,23,24)/t13-,14-/m0/s1. The van der Waals surface area contributed by atoms with Crippen LogP contribution in [-0.2, 0) is 25.5 Å². The van der Waals surface area contributed by atoms with Crippen molar-refractivity contribution >= 4 is 23.9 Å². The second-order valence-electron chi connectivity index (χ2n) is 5.20. The number of rotatable bonds is 10. The molecule has 0 aliphatic rings. The molecule has 25 heavy (non-hydrogen) atoms. The average molecular weight is 351 g/mol. The zero-order valence-corrected chi connectivity index (χ0v) is 13.5. The van der Waals surface area contributed by atoms with Gasteiger partial charge < -0.3 is 20.7 Å². The number of carboxylic acid groups (broad SMARTS) is 1. The van der Waals surface area contributed by atoms with E-state index in [-0.39, 0.29) is 19.3 Å².